The minimum Gasteiger partial charge on any atom is -0.478 e. The van der Waals surface area contributed by atoms with E-state index < -0.39 is 5.97 Å². The Kier molecular flexibility index (Phi) is 7.09. The maximum Gasteiger partial charge on any atom is 0.336 e. The van der Waals surface area contributed by atoms with Gasteiger partial charge in [-0.25, -0.2) is 4.79 Å². The Bertz CT molecular complexity index is 493. The summed E-state index contributed by atoms with van der Waals surface area (Å²) in [6, 6.07) is 5.08. The molecule has 1 aromatic carbocycles. The molecule has 6 heteroatoms. The number of thioether (sulfide) groups is 1. The summed E-state index contributed by atoms with van der Waals surface area (Å²) in [6.07, 6.45) is 1.96. The van der Waals surface area contributed by atoms with Gasteiger partial charge in [0.05, 0.1) is 11.3 Å². The van der Waals surface area contributed by atoms with Crippen LogP contribution in [0.15, 0.2) is 27.6 Å². The van der Waals surface area contributed by atoms with Crippen LogP contribution in [0.1, 0.15) is 37.0 Å². The maximum absolute atomic E-state index is 11.8. The number of amides is 1. The summed E-state index contributed by atoms with van der Waals surface area (Å²) in [4.78, 5) is 23.5. The highest BCUT2D eigenvalue weighted by molar-refractivity contribution is 9.10. The number of hydrogen-bond donors (Lipinski definition) is 2. The molecule has 0 fully saturated rings. The predicted molar refractivity (Wildman–Crippen MR) is 84.3 cm³/mol. The molecule has 1 atom stereocenters. The van der Waals surface area contributed by atoms with Gasteiger partial charge in [0.2, 0.25) is 5.91 Å². The third-order valence-electron chi connectivity index (χ3n) is 2.66. The Morgan fingerprint density at radius 1 is 1.45 bits per heavy atom. The van der Waals surface area contributed by atoms with Crippen LogP contribution in [0.3, 0.4) is 0 Å². The SMILES string of the molecule is CCCC(C)NC(=O)CSc1cc(Br)ccc1C(=O)O. The molecule has 1 amide bonds. The standard InChI is InChI=1S/C14H18BrNO3S/c1-3-4-9(2)16-13(17)8-20-12-7-10(15)5-6-11(12)14(18)19/h5-7,9H,3-4,8H2,1-2H3,(H,16,17)(H,18,19). The van der Waals surface area contributed by atoms with E-state index in [-0.39, 0.29) is 23.3 Å². The van der Waals surface area contributed by atoms with Crippen LogP contribution < -0.4 is 5.32 Å². The average Bonchev–Trinajstić information content (AvgIpc) is 2.36. The summed E-state index contributed by atoms with van der Waals surface area (Å²) in [5.74, 6) is -0.850. The molecular formula is C14H18BrNO3S. The third kappa shape index (κ3) is 5.54. The van der Waals surface area contributed by atoms with E-state index in [1.54, 1.807) is 12.1 Å². The van der Waals surface area contributed by atoms with E-state index in [9.17, 15) is 9.59 Å². The van der Waals surface area contributed by atoms with E-state index in [0.717, 1.165) is 17.3 Å². The number of carbonyl (C=O) groups excluding carboxylic acids is 1. The summed E-state index contributed by atoms with van der Waals surface area (Å²) in [5, 5.41) is 12.0. The van der Waals surface area contributed by atoms with E-state index in [1.165, 1.54) is 17.8 Å². The van der Waals surface area contributed by atoms with Crippen LogP contribution in [-0.2, 0) is 4.79 Å². The van der Waals surface area contributed by atoms with E-state index in [0.29, 0.717) is 4.90 Å². The molecule has 0 aromatic heterocycles. The Labute approximate surface area is 131 Å². The van der Waals surface area contributed by atoms with Crippen molar-refractivity contribution < 1.29 is 14.7 Å². The summed E-state index contributed by atoms with van der Waals surface area (Å²) < 4.78 is 0.796. The molecule has 1 rings (SSSR count). The number of nitrogens with one attached hydrogen (secondary N) is 1. The van der Waals surface area contributed by atoms with Crippen LogP contribution in [-0.4, -0.2) is 28.8 Å². The van der Waals surface area contributed by atoms with Crippen molar-refractivity contribution in [3.63, 3.8) is 0 Å². The summed E-state index contributed by atoms with van der Waals surface area (Å²) >= 11 is 4.54. The fourth-order valence-corrected chi connectivity index (χ4v) is 3.16. The highest BCUT2D eigenvalue weighted by Crippen LogP contribution is 2.26. The topological polar surface area (TPSA) is 66.4 Å². The van der Waals surface area contributed by atoms with Gasteiger partial charge >= 0.3 is 5.97 Å². The van der Waals surface area contributed by atoms with Gasteiger partial charge in [0.1, 0.15) is 0 Å². The monoisotopic (exact) mass is 359 g/mol. The number of benzene rings is 1. The molecule has 0 heterocycles. The Morgan fingerprint density at radius 3 is 2.75 bits per heavy atom. The second-order valence-corrected chi connectivity index (χ2v) is 6.42. The summed E-state index contributed by atoms with van der Waals surface area (Å²) in [6.45, 7) is 4.03. The number of rotatable bonds is 7. The largest absolute Gasteiger partial charge is 0.478 e. The zero-order valence-corrected chi connectivity index (χ0v) is 13.9. The molecule has 0 aliphatic rings. The van der Waals surface area contributed by atoms with Crippen LogP contribution in [0.25, 0.3) is 0 Å². The lowest BCUT2D eigenvalue weighted by molar-refractivity contribution is -0.119. The fraction of sp³-hybridized carbons (Fsp3) is 0.429. The van der Waals surface area contributed by atoms with Gasteiger partial charge in [0.15, 0.2) is 0 Å². The van der Waals surface area contributed by atoms with Gasteiger partial charge < -0.3 is 10.4 Å². The van der Waals surface area contributed by atoms with Crippen LogP contribution >= 0.6 is 27.7 Å². The average molecular weight is 360 g/mol. The lowest BCUT2D eigenvalue weighted by atomic mass is 10.2. The van der Waals surface area contributed by atoms with Gasteiger partial charge in [-0.3, -0.25) is 4.79 Å². The Morgan fingerprint density at radius 2 is 2.15 bits per heavy atom. The second-order valence-electron chi connectivity index (χ2n) is 4.49. The third-order valence-corrected chi connectivity index (χ3v) is 4.21. The molecular weight excluding hydrogens is 342 g/mol. The van der Waals surface area contributed by atoms with Crippen LogP contribution in [0.2, 0.25) is 0 Å². The zero-order valence-electron chi connectivity index (χ0n) is 11.5. The van der Waals surface area contributed by atoms with Crippen molar-refractivity contribution in [2.24, 2.45) is 0 Å². The molecule has 20 heavy (non-hydrogen) atoms. The number of hydrogen-bond acceptors (Lipinski definition) is 3. The van der Waals surface area contributed by atoms with Crippen LogP contribution in [0, 0.1) is 0 Å². The number of halogens is 1. The number of carboxylic acids is 1. The number of carbonyl (C=O) groups is 2. The van der Waals surface area contributed by atoms with Gasteiger partial charge in [-0.1, -0.05) is 29.3 Å². The molecule has 0 radical (unpaired) electrons. The first-order chi connectivity index (χ1) is 9.43. The molecule has 110 valence electrons. The Balaban J connectivity index is 2.63. The first-order valence-corrected chi connectivity index (χ1v) is 8.17. The van der Waals surface area contributed by atoms with Gasteiger partial charge in [-0.2, -0.15) is 0 Å². The lowest BCUT2D eigenvalue weighted by Crippen LogP contribution is -2.33. The fourth-order valence-electron chi connectivity index (χ4n) is 1.76. The van der Waals surface area contributed by atoms with Crippen molar-refractivity contribution >= 4 is 39.6 Å². The van der Waals surface area contributed by atoms with Crippen molar-refractivity contribution in [1.29, 1.82) is 0 Å². The molecule has 0 saturated carbocycles. The molecule has 0 bridgehead atoms. The Hall–Kier alpha value is -1.01. The molecule has 2 N–H and O–H groups in total. The first kappa shape index (κ1) is 17.0. The molecule has 0 aliphatic heterocycles. The second kappa shape index (κ2) is 8.32. The molecule has 0 saturated heterocycles. The normalized spacial score (nSPS) is 11.9. The molecule has 0 spiro atoms. The molecule has 1 aromatic rings. The first-order valence-electron chi connectivity index (χ1n) is 6.39. The highest BCUT2D eigenvalue weighted by Gasteiger charge is 2.13. The van der Waals surface area contributed by atoms with Crippen molar-refractivity contribution in [2.75, 3.05) is 5.75 Å². The van der Waals surface area contributed by atoms with Gasteiger partial charge in [-0.05, 0) is 31.5 Å². The molecule has 0 aliphatic carbocycles. The summed E-state index contributed by atoms with van der Waals surface area (Å²) in [5.41, 5.74) is 0.215. The number of carboxylic acid groups (broad SMARTS) is 1. The molecule has 4 nitrogen and oxygen atoms in total. The minimum absolute atomic E-state index is 0.0766. The zero-order chi connectivity index (χ0) is 15.1. The van der Waals surface area contributed by atoms with Crippen molar-refractivity contribution in [1.82, 2.24) is 5.32 Å². The van der Waals surface area contributed by atoms with Crippen molar-refractivity contribution in [3.05, 3.63) is 28.2 Å². The maximum atomic E-state index is 11.8. The van der Waals surface area contributed by atoms with E-state index in [4.69, 9.17) is 5.11 Å². The van der Waals surface area contributed by atoms with Gasteiger partial charge in [0, 0.05) is 15.4 Å². The van der Waals surface area contributed by atoms with E-state index >= 15 is 0 Å². The quantitative estimate of drug-likeness (QED) is 0.730. The van der Waals surface area contributed by atoms with Gasteiger partial charge in [-0.15, -0.1) is 11.8 Å². The van der Waals surface area contributed by atoms with Gasteiger partial charge in [0.25, 0.3) is 0 Å². The predicted octanol–water partition coefficient (Wildman–Crippen LogP) is 3.54. The van der Waals surface area contributed by atoms with Crippen molar-refractivity contribution in [2.45, 2.75) is 37.6 Å². The van der Waals surface area contributed by atoms with Crippen molar-refractivity contribution in [3.8, 4) is 0 Å². The lowest BCUT2D eigenvalue weighted by Gasteiger charge is -2.13. The highest BCUT2D eigenvalue weighted by atomic mass is 79.9. The van der Waals surface area contributed by atoms with Crippen LogP contribution in [0.4, 0.5) is 0 Å². The molecule has 1 unspecified atom stereocenters. The smallest absolute Gasteiger partial charge is 0.336 e. The van der Waals surface area contributed by atoms with Crippen LogP contribution in [0.5, 0.6) is 0 Å². The number of aromatic carboxylic acids is 1. The minimum atomic E-state index is -0.986. The van der Waals surface area contributed by atoms with E-state index in [2.05, 4.69) is 28.2 Å². The van der Waals surface area contributed by atoms with E-state index in [1.807, 2.05) is 6.92 Å². The summed E-state index contributed by atoms with van der Waals surface area (Å²) in [7, 11) is 0.